The first-order valence-corrected chi connectivity index (χ1v) is 10.0. The summed E-state index contributed by atoms with van der Waals surface area (Å²) in [7, 11) is 1.72. The third-order valence-electron chi connectivity index (χ3n) is 4.69. The molecule has 0 aliphatic carbocycles. The molecule has 2 rings (SSSR count). The topological polar surface area (TPSA) is 48.9 Å². The number of nitrogens with zero attached hydrogens (tertiary/aromatic N) is 2. The van der Waals surface area contributed by atoms with Gasteiger partial charge in [-0.25, -0.2) is 4.99 Å². The van der Waals surface area contributed by atoms with Gasteiger partial charge in [-0.05, 0) is 50.9 Å². The summed E-state index contributed by atoms with van der Waals surface area (Å²) >= 11 is 0. The number of methoxy groups -OCH3 is 1. The lowest BCUT2D eigenvalue weighted by molar-refractivity contribution is 0.179. The van der Waals surface area contributed by atoms with E-state index in [9.17, 15) is 0 Å². The molecule has 1 unspecified atom stereocenters. The highest BCUT2D eigenvalue weighted by molar-refractivity contribution is 14.0. The number of ether oxygens (including phenoxy) is 1. The van der Waals surface area contributed by atoms with Gasteiger partial charge in [0, 0.05) is 26.2 Å². The molecule has 0 aromatic heterocycles. The maximum atomic E-state index is 5.18. The number of hydrogen-bond donors (Lipinski definition) is 2. The Labute approximate surface area is 182 Å². The van der Waals surface area contributed by atoms with Gasteiger partial charge in [-0.2, -0.15) is 0 Å². The molecule has 154 valence electrons. The molecule has 0 saturated carbocycles. The lowest BCUT2D eigenvalue weighted by atomic mass is 10.1. The van der Waals surface area contributed by atoms with Gasteiger partial charge in [0.25, 0.3) is 0 Å². The van der Waals surface area contributed by atoms with Gasteiger partial charge in [0.05, 0.1) is 13.2 Å². The minimum absolute atomic E-state index is 0. The van der Waals surface area contributed by atoms with E-state index in [0.717, 1.165) is 19.0 Å². The SMILES string of the molecule is CCNC(=NCc1ccc(CN2CCCCCC2)cc1)NC(C)COC.I. The lowest BCUT2D eigenvalue weighted by Gasteiger charge is -2.19. The molecule has 1 fully saturated rings. The first-order chi connectivity index (χ1) is 12.7. The molecule has 1 saturated heterocycles. The second-order valence-electron chi connectivity index (χ2n) is 7.20. The quantitative estimate of drug-likeness (QED) is 0.332. The smallest absolute Gasteiger partial charge is 0.191 e. The van der Waals surface area contributed by atoms with Gasteiger partial charge in [0.2, 0.25) is 0 Å². The van der Waals surface area contributed by atoms with Crippen LogP contribution in [0.1, 0.15) is 50.7 Å². The fraction of sp³-hybridized carbons (Fsp3) is 0.667. The maximum absolute atomic E-state index is 5.18. The first kappa shape index (κ1) is 24.2. The van der Waals surface area contributed by atoms with E-state index in [1.54, 1.807) is 7.11 Å². The van der Waals surface area contributed by atoms with Gasteiger partial charge >= 0.3 is 0 Å². The summed E-state index contributed by atoms with van der Waals surface area (Å²) in [6.45, 7) is 9.91. The summed E-state index contributed by atoms with van der Waals surface area (Å²) in [6.07, 6.45) is 5.46. The van der Waals surface area contributed by atoms with Crippen molar-refractivity contribution in [3.63, 3.8) is 0 Å². The average molecular weight is 488 g/mol. The molecule has 6 heteroatoms. The first-order valence-electron chi connectivity index (χ1n) is 10.0. The van der Waals surface area contributed by atoms with Crippen LogP contribution in [0.25, 0.3) is 0 Å². The highest BCUT2D eigenvalue weighted by Crippen LogP contribution is 2.14. The standard InChI is InChI=1S/C21H36N4O.HI/c1-4-22-21(24-18(2)17-26-3)23-15-19-9-11-20(12-10-19)16-25-13-7-5-6-8-14-25;/h9-12,18H,4-8,13-17H2,1-3H3,(H2,22,23,24);1H. The van der Waals surface area contributed by atoms with Crippen LogP contribution in [-0.2, 0) is 17.8 Å². The molecular weight excluding hydrogens is 451 g/mol. The van der Waals surface area contributed by atoms with E-state index in [0.29, 0.717) is 13.2 Å². The van der Waals surface area contributed by atoms with Crippen LogP contribution in [0.5, 0.6) is 0 Å². The van der Waals surface area contributed by atoms with Gasteiger partial charge < -0.3 is 15.4 Å². The average Bonchev–Trinajstić information content (AvgIpc) is 2.90. The molecule has 27 heavy (non-hydrogen) atoms. The van der Waals surface area contributed by atoms with E-state index in [4.69, 9.17) is 9.73 Å². The summed E-state index contributed by atoms with van der Waals surface area (Å²) in [5, 5.41) is 6.66. The molecule has 1 atom stereocenters. The van der Waals surface area contributed by atoms with Crippen molar-refractivity contribution in [3.8, 4) is 0 Å². The predicted molar refractivity (Wildman–Crippen MR) is 125 cm³/mol. The number of halogens is 1. The summed E-state index contributed by atoms with van der Waals surface area (Å²) < 4.78 is 5.18. The van der Waals surface area contributed by atoms with E-state index in [1.165, 1.54) is 49.9 Å². The van der Waals surface area contributed by atoms with E-state index in [-0.39, 0.29) is 30.0 Å². The largest absolute Gasteiger partial charge is 0.383 e. The Morgan fingerprint density at radius 3 is 2.33 bits per heavy atom. The molecule has 1 aromatic carbocycles. The predicted octanol–water partition coefficient (Wildman–Crippen LogP) is 3.77. The van der Waals surface area contributed by atoms with Crippen molar-refractivity contribution in [1.82, 2.24) is 15.5 Å². The molecule has 1 aliphatic rings. The second-order valence-corrected chi connectivity index (χ2v) is 7.20. The van der Waals surface area contributed by atoms with Crippen LogP contribution in [0.2, 0.25) is 0 Å². The Morgan fingerprint density at radius 1 is 1.11 bits per heavy atom. The molecular formula is C21H37IN4O. The lowest BCUT2D eigenvalue weighted by Crippen LogP contribution is -2.43. The Balaban J connectivity index is 0.00000364. The van der Waals surface area contributed by atoms with Crippen LogP contribution < -0.4 is 10.6 Å². The number of rotatable bonds is 8. The van der Waals surface area contributed by atoms with E-state index in [1.807, 2.05) is 0 Å². The van der Waals surface area contributed by atoms with E-state index in [2.05, 4.69) is 53.6 Å². The van der Waals surface area contributed by atoms with Gasteiger partial charge in [-0.3, -0.25) is 4.90 Å². The fourth-order valence-electron chi connectivity index (χ4n) is 3.32. The number of aliphatic imine (C=N–C) groups is 1. The Morgan fingerprint density at radius 2 is 1.74 bits per heavy atom. The van der Waals surface area contributed by atoms with Gasteiger partial charge in [0.15, 0.2) is 5.96 Å². The van der Waals surface area contributed by atoms with Crippen LogP contribution >= 0.6 is 24.0 Å². The number of benzene rings is 1. The van der Waals surface area contributed by atoms with Crippen molar-refractivity contribution < 1.29 is 4.74 Å². The van der Waals surface area contributed by atoms with E-state index >= 15 is 0 Å². The van der Waals surface area contributed by atoms with Crippen LogP contribution in [0, 0.1) is 0 Å². The fourth-order valence-corrected chi connectivity index (χ4v) is 3.32. The zero-order valence-electron chi connectivity index (χ0n) is 17.2. The molecule has 0 bridgehead atoms. The molecule has 2 N–H and O–H groups in total. The molecule has 1 aliphatic heterocycles. The van der Waals surface area contributed by atoms with Gasteiger partial charge in [-0.15, -0.1) is 24.0 Å². The van der Waals surface area contributed by atoms with Crippen LogP contribution in [0.3, 0.4) is 0 Å². The van der Waals surface area contributed by atoms with Crippen molar-refractivity contribution in [2.24, 2.45) is 4.99 Å². The Kier molecular flexibility index (Phi) is 12.7. The van der Waals surface area contributed by atoms with Gasteiger partial charge in [-0.1, -0.05) is 37.1 Å². The van der Waals surface area contributed by atoms with Gasteiger partial charge in [0.1, 0.15) is 0 Å². The molecule has 0 radical (unpaired) electrons. The van der Waals surface area contributed by atoms with Crippen molar-refractivity contribution in [1.29, 1.82) is 0 Å². The normalized spacial score (nSPS) is 16.9. The third-order valence-corrected chi connectivity index (χ3v) is 4.69. The second kappa shape index (κ2) is 14.2. The van der Waals surface area contributed by atoms with Crippen molar-refractivity contribution in [2.45, 2.75) is 58.7 Å². The van der Waals surface area contributed by atoms with Crippen LogP contribution in [-0.4, -0.2) is 50.3 Å². The monoisotopic (exact) mass is 488 g/mol. The number of guanidine groups is 1. The highest BCUT2D eigenvalue weighted by atomic mass is 127. The maximum Gasteiger partial charge on any atom is 0.191 e. The summed E-state index contributed by atoms with van der Waals surface area (Å²) in [5.74, 6) is 0.839. The van der Waals surface area contributed by atoms with Crippen LogP contribution in [0.15, 0.2) is 29.3 Å². The number of hydrogen-bond acceptors (Lipinski definition) is 3. The number of likely N-dealkylation sites (tertiary alicyclic amines) is 1. The van der Waals surface area contributed by atoms with Crippen molar-refractivity contribution in [2.75, 3.05) is 33.4 Å². The summed E-state index contributed by atoms with van der Waals surface area (Å²) in [6, 6.07) is 9.15. The zero-order chi connectivity index (χ0) is 18.6. The summed E-state index contributed by atoms with van der Waals surface area (Å²) in [4.78, 5) is 7.28. The Hall–Kier alpha value is -0.860. The zero-order valence-corrected chi connectivity index (χ0v) is 19.5. The van der Waals surface area contributed by atoms with Crippen molar-refractivity contribution in [3.05, 3.63) is 35.4 Å². The molecule has 5 nitrogen and oxygen atoms in total. The third kappa shape index (κ3) is 9.76. The molecule has 1 aromatic rings. The Bertz CT molecular complexity index is 527. The minimum Gasteiger partial charge on any atom is -0.383 e. The molecule has 0 spiro atoms. The van der Waals surface area contributed by atoms with Crippen molar-refractivity contribution >= 4 is 29.9 Å². The minimum atomic E-state index is 0. The number of nitrogens with one attached hydrogen (secondary N) is 2. The van der Waals surface area contributed by atoms with Crippen LogP contribution in [0.4, 0.5) is 0 Å². The summed E-state index contributed by atoms with van der Waals surface area (Å²) in [5.41, 5.74) is 2.64. The highest BCUT2D eigenvalue weighted by Gasteiger charge is 2.09. The van der Waals surface area contributed by atoms with E-state index < -0.39 is 0 Å². The molecule has 1 heterocycles. The molecule has 0 amide bonds.